The van der Waals surface area contributed by atoms with Gasteiger partial charge >= 0.3 is 0 Å². The fraction of sp³-hybridized carbons (Fsp3) is 0.190. The zero-order chi connectivity index (χ0) is 19.4. The summed E-state index contributed by atoms with van der Waals surface area (Å²) in [6.07, 6.45) is 0. The SMILES string of the molecule is Cc1nc(Nc2cc(Cl)ccc2C)cc(C(=O)N(C)Cc2ccccc2)n1. The van der Waals surface area contributed by atoms with Crippen molar-refractivity contribution < 1.29 is 4.79 Å². The van der Waals surface area contributed by atoms with Crippen molar-refractivity contribution in [3.63, 3.8) is 0 Å². The number of carbonyl (C=O) groups excluding carboxylic acids is 1. The fourth-order valence-electron chi connectivity index (χ4n) is 2.73. The molecular formula is C21H21ClN4O. The summed E-state index contributed by atoms with van der Waals surface area (Å²) in [5.74, 6) is 0.927. The van der Waals surface area contributed by atoms with Crippen molar-refractivity contribution >= 4 is 29.0 Å². The number of benzene rings is 2. The van der Waals surface area contributed by atoms with E-state index in [4.69, 9.17) is 11.6 Å². The van der Waals surface area contributed by atoms with Crippen molar-refractivity contribution in [1.82, 2.24) is 14.9 Å². The van der Waals surface area contributed by atoms with E-state index in [9.17, 15) is 4.79 Å². The van der Waals surface area contributed by atoms with E-state index in [1.165, 1.54) is 0 Å². The third-order valence-corrected chi connectivity index (χ3v) is 4.36. The van der Waals surface area contributed by atoms with Crippen molar-refractivity contribution in [1.29, 1.82) is 0 Å². The summed E-state index contributed by atoms with van der Waals surface area (Å²) < 4.78 is 0. The lowest BCUT2D eigenvalue weighted by Gasteiger charge is -2.18. The van der Waals surface area contributed by atoms with Crippen LogP contribution in [0.4, 0.5) is 11.5 Å². The zero-order valence-corrected chi connectivity index (χ0v) is 16.3. The molecule has 3 rings (SSSR count). The predicted molar refractivity (Wildman–Crippen MR) is 108 cm³/mol. The monoisotopic (exact) mass is 380 g/mol. The van der Waals surface area contributed by atoms with Gasteiger partial charge in [0.2, 0.25) is 0 Å². The summed E-state index contributed by atoms with van der Waals surface area (Å²) in [4.78, 5) is 23.2. The lowest BCUT2D eigenvalue weighted by molar-refractivity contribution is 0.0779. The van der Waals surface area contributed by atoms with Gasteiger partial charge in [-0.15, -0.1) is 0 Å². The first-order valence-corrected chi connectivity index (χ1v) is 8.98. The van der Waals surface area contributed by atoms with Crippen LogP contribution in [0.25, 0.3) is 0 Å². The lowest BCUT2D eigenvalue weighted by atomic mass is 10.2. The highest BCUT2D eigenvalue weighted by Gasteiger charge is 2.16. The molecule has 1 heterocycles. The van der Waals surface area contributed by atoms with Gasteiger partial charge in [0.25, 0.3) is 5.91 Å². The highest BCUT2D eigenvalue weighted by molar-refractivity contribution is 6.30. The Morgan fingerprint density at radius 1 is 1.07 bits per heavy atom. The first-order valence-electron chi connectivity index (χ1n) is 8.60. The number of amides is 1. The third-order valence-electron chi connectivity index (χ3n) is 4.13. The van der Waals surface area contributed by atoms with E-state index in [0.717, 1.165) is 16.8 Å². The largest absolute Gasteiger partial charge is 0.340 e. The molecule has 0 unspecified atom stereocenters. The van der Waals surface area contributed by atoms with E-state index in [-0.39, 0.29) is 5.91 Å². The Hall–Kier alpha value is -2.92. The molecule has 1 aromatic heterocycles. The van der Waals surface area contributed by atoms with Gasteiger partial charge in [-0.1, -0.05) is 48.0 Å². The average Bonchev–Trinajstić information content (AvgIpc) is 2.64. The minimum atomic E-state index is -0.157. The second-order valence-corrected chi connectivity index (χ2v) is 6.85. The second-order valence-electron chi connectivity index (χ2n) is 6.42. The second kappa shape index (κ2) is 8.18. The lowest BCUT2D eigenvalue weighted by Crippen LogP contribution is -2.27. The van der Waals surface area contributed by atoms with Crippen LogP contribution in [0, 0.1) is 13.8 Å². The number of aryl methyl sites for hydroxylation is 2. The van der Waals surface area contributed by atoms with E-state index in [1.807, 2.05) is 55.5 Å². The van der Waals surface area contributed by atoms with Gasteiger partial charge in [0, 0.05) is 30.4 Å². The van der Waals surface area contributed by atoms with Crippen molar-refractivity contribution in [2.45, 2.75) is 20.4 Å². The minimum Gasteiger partial charge on any atom is -0.340 e. The van der Waals surface area contributed by atoms with Crippen LogP contribution < -0.4 is 5.32 Å². The number of hydrogen-bond acceptors (Lipinski definition) is 4. The number of hydrogen-bond donors (Lipinski definition) is 1. The van der Waals surface area contributed by atoms with Crippen LogP contribution in [0.15, 0.2) is 54.6 Å². The Bertz CT molecular complexity index is 960. The fourth-order valence-corrected chi connectivity index (χ4v) is 2.90. The summed E-state index contributed by atoms with van der Waals surface area (Å²) >= 11 is 6.08. The molecule has 0 radical (unpaired) electrons. The van der Waals surface area contributed by atoms with Crippen molar-refractivity contribution in [3.8, 4) is 0 Å². The minimum absolute atomic E-state index is 0.157. The van der Waals surface area contributed by atoms with Crippen molar-refractivity contribution in [2.24, 2.45) is 0 Å². The summed E-state index contributed by atoms with van der Waals surface area (Å²) in [5, 5.41) is 3.86. The predicted octanol–water partition coefficient (Wildman–Crippen LogP) is 4.76. The van der Waals surface area contributed by atoms with Gasteiger partial charge in [-0.2, -0.15) is 0 Å². The molecule has 0 fully saturated rings. The topological polar surface area (TPSA) is 58.1 Å². The van der Waals surface area contributed by atoms with Crippen LogP contribution in [-0.2, 0) is 6.54 Å². The molecule has 0 aliphatic heterocycles. The smallest absolute Gasteiger partial charge is 0.272 e. The molecule has 6 heteroatoms. The van der Waals surface area contributed by atoms with E-state index in [0.29, 0.717) is 28.9 Å². The van der Waals surface area contributed by atoms with Gasteiger partial charge in [0.15, 0.2) is 0 Å². The summed E-state index contributed by atoms with van der Waals surface area (Å²) in [6.45, 7) is 4.26. The highest BCUT2D eigenvalue weighted by Crippen LogP contribution is 2.24. The maximum absolute atomic E-state index is 12.8. The molecule has 5 nitrogen and oxygen atoms in total. The maximum atomic E-state index is 12.8. The van der Waals surface area contributed by atoms with Crippen LogP contribution in [0.3, 0.4) is 0 Å². The molecule has 3 aromatic rings. The molecule has 0 saturated heterocycles. The molecule has 2 aromatic carbocycles. The van der Waals surface area contributed by atoms with Gasteiger partial charge in [-0.3, -0.25) is 4.79 Å². The summed E-state index contributed by atoms with van der Waals surface area (Å²) in [7, 11) is 1.76. The first kappa shape index (κ1) is 18.9. The van der Waals surface area contributed by atoms with Gasteiger partial charge in [-0.25, -0.2) is 9.97 Å². The Labute approximate surface area is 164 Å². The highest BCUT2D eigenvalue weighted by atomic mass is 35.5. The number of rotatable bonds is 5. The number of nitrogens with one attached hydrogen (secondary N) is 1. The standard InChI is InChI=1S/C21H21ClN4O/c1-14-9-10-17(22)11-18(14)25-20-12-19(23-15(2)24-20)21(27)26(3)13-16-7-5-4-6-8-16/h4-12H,13H2,1-3H3,(H,23,24,25). The number of carbonyl (C=O) groups is 1. The quantitative estimate of drug-likeness (QED) is 0.693. The first-order chi connectivity index (χ1) is 12.9. The van der Waals surface area contributed by atoms with E-state index >= 15 is 0 Å². The van der Waals surface area contributed by atoms with Gasteiger partial charge in [0.05, 0.1) is 0 Å². The Morgan fingerprint density at radius 3 is 2.56 bits per heavy atom. The molecule has 0 bridgehead atoms. The zero-order valence-electron chi connectivity index (χ0n) is 15.5. The van der Waals surface area contributed by atoms with Crippen molar-refractivity contribution in [3.05, 3.63) is 82.3 Å². The number of halogens is 1. The summed E-state index contributed by atoms with van der Waals surface area (Å²) in [6, 6.07) is 17.1. The van der Waals surface area contributed by atoms with E-state index in [2.05, 4.69) is 15.3 Å². The molecule has 0 spiro atoms. The molecular weight excluding hydrogens is 360 g/mol. The number of aromatic nitrogens is 2. The van der Waals surface area contributed by atoms with Crippen molar-refractivity contribution in [2.75, 3.05) is 12.4 Å². The van der Waals surface area contributed by atoms with Crippen LogP contribution in [0.2, 0.25) is 5.02 Å². The number of nitrogens with zero attached hydrogens (tertiary/aromatic N) is 3. The molecule has 0 aliphatic carbocycles. The molecule has 138 valence electrons. The average molecular weight is 381 g/mol. The van der Waals surface area contributed by atoms with Gasteiger partial charge in [0.1, 0.15) is 17.3 Å². The molecule has 1 amide bonds. The molecule has 0 atom stereocenters. The van der Waals surface area contributed by atoms with Crippen LogP contribution in [0.5, 0.6) is 0 Å². The van der Waals surface area contributed by atoms with Gasteiger partial charge < -0.3 is 10.2 Å². The number of anilines is 2. The molecule has 0 saturated carbocycles. The van der Waals surface area contributed by atoms with Crippen LogP contribution in [-0.4, -0.2) is 27.8 Å². The normalized spacial score (nSPS) is 10.5. The molecule has 0 aliphatic rings. The van der Waals surface area contributed by atoms with E-state index < -0.39 is 0 Å². The Kier molecular flexibility index (Phi) is 5.72. The molecule has 27 heavy (non-hydrogen) atoms. The molecule has 1 N–H and O–H groups in total. The van der Waals surface area contributed by atoms with Crippen LogP contribution in [0.1, 0.15) is 27.4 Å². The Balaban J connectivity index is 1.82. The Morgan fingerprint density at radius 2 is 1.81 bits per heavy atom. The summed E-state index contributed by atoms with van der Waals surface area (Å²) in [5.41, 5.74) is 3.29. The van der Waals surface area contributed by atoms with E-state index in [1.54, 1.807) is 24.9 Å². The van der Waals surface area contributed by atoms with Crippen LogP contribution >= 0.6 is 11.6 Å². The third kappa shape index (κ3) is 4.83. The maximum Gasteiger partial charge on any atom is 0.272 e. The van der Waals surface area contributed by atoms with Gasteiger partial charge in [-0.05, 0) is 37.1 Å².